The number of hydrogen-bond acceptors (Lipinski definition) is 5. The summed E-state index contributed by atoms with van der Waals surface area (Å²) >= 11 is 5.37. The summed E-state index contributed by atoms with van der Waals surface area (Å²) in [6.07, 6.45) is 2.12. The van der Waals surface area contributed by atoms with Gasteiger partial charge in [-0.3, -0.25) is 0 Å². The van der Waals surface area contributed by atoms with Crippen molar-refractivity contribution in [1.29, 1.82) is 0 Å². The molecule has 4 nitrogen and oxygen atoms in total. The van der Waals surface area contributed by atoms with Crippen molar-refractivity contribution < 1.29 is 9.90 Å². The van der Waals surface area contributed by atoms with E-state index in [0.717, 1.165) is 0 Å². The van der Waals surface area contributed by atoms with Crippen molar-refractivity contribution in [3.05, 3.63) is 11.6 Å². The Labute approximate surface area is 85.4 Å². The first kappa shape index (κ1) is 10.3. The molecule has 1 heterocycles. The number of carboxylic acids is 1. The van der Waals surface area contributed by atoms with Crippen molar-refractivity contribution in [3.8, 4) is 0 Å². The van der Waals surface area contributed by atoms with Crippen molar-refractivity contribution in [3.63, 3.8) is 0 Å². The van der Waals surface area contributed by atoms with Crippen molar-refractivity contribution in [1.82, 2.24) is 4.98 Å². The summed E-state index contributed by atoms with van der Waals surface area (Å²) in [5, 5.41) is 14.0. The van der Waals surface area contributed by atoms with Crippen LogP contribution in [-0.2, 0) is 4.79 Å². The van der Waals surface area contributed by atoms with Gasteiger partial charge in [-0.15, -0.1) is 11.3 Å². The minimum absolute atomic E-state index is 0.484. The van der Waals surface area contributed by atoms with Gasteiger partial charge in [0.15, 0.2) is 5.13 Å². The second-order valence-corrected chi connectivity index (χ2v) is 3.73. The van der Waals surface area contributed by atoms with Crippen LogP contribution in [0.4, 0.5) is 5.13 Å². The largest absolute Gasteiger partial charge is 0.480 e. The highest BCUT2D eigenvalue weighted by Gasteiger charge is 2.16. The van der Waals surface area contributed by atoms with E-state index in [1.807, 2.05) is 0 Å². The normalized spacial score (nSPS) is 12.4. The monoisotopic (exact) mass is 218 g/mol. The molecule has 13 heavy (non-hydrogen) atoms. The number of nitrogens with zero attached hydrogens (tertiary/aromatic N) is 1. The van der Waals surface area contributed by atoms with Gasteiger partial charge in [0.2, 0.25) is 0 Å². The number of hydrogen-bond donors (Lipinski definition) is 3. The molecule has 0 aromatic carbocycles. The molecule has 0 spiro atoms. The first-order valence-corrected chi connectivity index (χ1v) is 5.25. The van der Waals surface area contributed by atoms with E-state index >= 15 is 0 Å². The fraction of sp³-hybridized carbons (Fsp3) is 0.429. The van der Waals surface area contributed by atoms with Gasteiger partial charge < -0.3 is 10.4 Å². The fourth-order valence-electron chi connectivity index (χ4n) is 0.830. The summed E-state index contributed by atoms with van der Waals surface area (Å²) in [5.74, 6) is -0.334. The van der Waals surface area contributed by atoms with Crippen LogP contribution in [0.2, 0.25) is 0 Å². The Morgan fingerprint density at radius 1 is 1.85 bits per heavy atom. The number of carboxylic acid groups (broad SMARTS) is 1. The Bertz CT molecular complexity index is 263. The predicted molar refractivity (Wildman–Crippen MR) is 55.6 cm³/mol. The third-order valence-electron chi connectivity index (χ3n) is 1.45. The first-order chi connectivity index (χ1) is 6.24. The van der Waals surface area contributed by atoms with E-state index in [-0.39, 0.29) is 0 Å². The van der Waals surface area contributed by atoms with E-state index < -0.39 is 12.0 Å². The zero-order chi connectivity index (χ0) is 9.68. The molecule has 1 aromatic rings. The summed E-state index contributed by atoms with van der Waals surface area (Å²) in [4.78, 5) is 14.6. The van der Waals surface area contributed by atoms with Crippen LogP contribution in [-0.4, -0.2) is 27.9 Å². The summed E-state index contributed by atoms with van der Waals surface area (Å²) in [7, 11) is 0. The molecule has 0 aliphatic heterocycles. The molecular weight excluding hydrogens is 208 g/mol. The number of thiol groups is 1. The predicted octanol–water partition coefficient (Wildman–Crippen LogP) is 1.33. The lowest BCUT2D eigenvalue weighted by atomic mass is 10.2. The van der Waals surface area contributed by atoms with Gasteiger partial charge in [0, 0.05) is 11.6 Å². The van der Waals surface area contributed by atoms with Gasteiger partial charge in [-0.05, 0) is 12.2 Å². The second kappa shape index (κ2) is 5.08. The van der Waals surface area contributed by atoms with E-state index in [4.69, 9.17) is 5.11 Å². The van der Waals surface area contributed by atoms with Gasteiger partial charge in [-0.1, -0.05) is 0 Å². The van der Waals surface area contributed by atoms with E-state index in [1.54, 1.807) is 11.6 Å². The molecule has 0 saturated carbocycles. The average molecular weight is 218 g/mol. The molecule has 0 fully saturated rings. The molecule has 2 N–H and O–H groups in total. The molecule has 0 saturated heterocycles. The van der Waals surface area contributed by atoms with Crippen molar-refractivity contribution >= 4 is 35.1 Å². The number of aromatic nitrogens is 1. The zero-order valence-electron chi connectivity index (χ0n) is 6.80. The number of nitrogens with one attached hydrogen (secondary N) is 1. The third-order valence-corrected chi connectivity index (χ3v) is 2.41. The van der Waals surface area contributed by atoms with E-state index in [2.05, 4.69) is 22.9 Å². The zero-order valence-corrected chi connectivity index (χ0v) is 8.52. The Morgan fingerprint density at radius 2 is 2.62 bits per heavy atom. The summed E-state index contributed by atoms with van der Waals surface area (Å²) in [5.41, 5.74) is 0. The molecule has 0 amide bonds. The van der Waals surface area contributed by atoms with Gasteiger partial charge >= 0.3 is 5.97 Å². The highest BCUT2D eigenvalue weighted by molar-refractivity contribution is 7.80. The van der Waals surface area contributed by atoms with Crippen LogP contribution >= 0.6 is 24.0 Å². The van der Waals surface area contributed by atoms with E-state index in [1.165, 1.54) is 11.3 Å². The molecule has 0 unspecified atom stereocenters. The number of aliphatic carboxylic acids is 1. The molecule has 6 heteroatoms. The lowest BCUT2D eigenvalue weighted by molar-refractivity contribution is -0.137. The van der Waals surface area contributed by atoms with E-state index in [9.17, 15) is 4.79 Å². The smallest absolute Gasteiger partial charge is 0.326 e. The van der Waals surface area contributed by atoms with Crippen LogP contribution in [0.25, 0.3) is 0 Å². The minimum atomic E-state index is -0.871. The number of thiazole rings is 1. The SMILES string of the molecule is O=C(O)[C@H](CCS)Nc1nccs1. The van der Waals surface area contributed by atoms with Crippen LogP contribution in [0.3, 0.4) is 0 Å². The highest BCUT2D eigenvalue weighted by Crippen LogP contribution is 2.13. The average Bonchev–Trinajstić information content (AvgIpc) is 2.56. The van der Waals surface area contributed by atoms with Gasteiger partial charge in [-0.2, -0.15) is 12.6 Å². The second-order valence-electron chi connectivity index (χ2n) is 2.38. The minimum Gasteiger partial charge on any atom is -0.480 e. The quantitative estimate of drug-likeness (QED) is 0.652. The fourth-order valence-corrected chi connectivity index (χ4v) is 1.67. The Hall–Kier alpha value is -0.750. The first-order valence-electron chi connectivity index (χ1n) is 3.73. The van der Waals surface area contributed by atoms with Crippen LogP contribution in [0.15, 0.2) is 11.6 Å². The molecule has 1 atom stereocenters. The molecule has 1 aromatic heterocycles. The highest BCUT2D eigenvalue weighted by atomic mass is 32.1. The molecular formula is C7H10N2O2S2. The van der Waals surface area contributed by atoms with Gasteiger partial charge in [0.1, 0.15) is 6.04 Å². The van der Waals surface area contributed by atoms with Crippen molar-refractivity contribution in [2.24, 2.45) is 0 Å². The summed E-state index contributed by atoms with van der Waals surface area (Å²) < 4.78 is 0. The molecule has 0 aliphatic carbocycles. The molecule has 1 rings (SSSR count). The summed E-state index contributed by atoms with van der Waals surface area (Å²) in [6.45, 7) is 0. The molecule has 0 aliphatic rings. The number of anilines is 1. The lowest BCUT2D eigenvalue weighted by Gasteiger charge is -2.11. The number of rotatable bonds is 5. The lowest BCUT2D eigenvalue weighted by Crippen LogP contribution is -2.29. The maximum Gasteiger partial charge on any atom is 0.326 e. The number of carbonyl (C=O) groups is 1. The Morgan fingerprint density at radius 3 is 3.08 bits per heavy atom. The van der Waals surface area contributed by atoms with Crippen LogP contribution in [0, 0.1) is 0 Å². The molecule has 72 valence electrons. The maximum absolute atomic E-state index is 10.7. The Balaban J connectivity index is 2.52. The van der Waals surface area contributed by atoms with Gasteiger partial charge in [0.25, 0.3) is 0 Å². The molecule has 0 radical (unpaired) electrons. The Kier molecular flexibility index (Phi) is 4.04. The third kappa shape index (κ3) is 3.23. The van der Waals surface area contributed by atoms with Crippen LogP contribution in [0.5, 0.6) is 0 Å². The molecule has 0 bridgehead atoms. The van der Waals surface area contributed by atoms with Crippen molar-refractivity contribution in [2.45, 2.75) is 12.5 Å². The van der Waals surface area contributed by atoms with Crippen LogP contribution in [0.1, 0.15) is 6.42 Å². The van der Waals surface area contributed by atoms with Gasteiger partial charge in [-0.25, -0.2) is 9.78 Å². The standard InChI is InChI=1S/C7H10N2O2S2/c10-6(11)5(1-3-12)9-7-8-2-4-13-7/h2,4-5,12H,1,3H2,(H,8,9)(H,10,11)/t5-/m0/s1. The van der Waals surface area contributed by atoms with Gasteiger partial charge in [0.05, 0.1) is 0 Å². The van der Waals surface area contributed by atoms with Crippen LogP contribution < -0.4 is 5.32 Å². The topological polar surface area (TPSA) is 62.2 Å². The maximum atomic E-state index is 10.7. The summed E-state index contributed by atoms with van der Waals surface area (Å²) in [6, 6.07) is -0.594. The van der Waals surface area contributed by atoms with Crippen molar-refractivity contribution in [2.75, 3.05) is 11.1 Å². The van der Waals surface area contributed by atoms with E-state index in [0.29, 0.717) is 17.3 Å².